The van der Waals surface area contributed by atoms with Crippen LogP contribution >= 0.6 is 0 Å². The predicted molar refractivity (Wildman–Crippen MR) is 59.4 cm³/mol. The van der Waals surface area contributed by atoms with Crippen molar-refractivity contribution in [1.82, 2.24) is 0 Å². The van der Waals surface area contributed by atoms with E-state index in [2.05, 4.69) is 5.92 Å². The molecule has 0 fully saturated rings. The molecule has 0 spiro atoms. The van der Waals surface area contributed by atoms with Crippen molar-refractivity contribution >= 4 is 6.08 Å². The molecule has 0 atom stereocenters. The molecule has 0 amide bonds. The summed E-state index contributed by atoms with van der Waals surface area (Å²) in [4.78, 5) is 0. The van der Waals surface area contributed by atoms with Crippen LogP contribution < -0.4 is 0 Å². The molecule has 0 aliphatic rings. The van der Waals surface area contributed by atoms with E-state index in [0.717, 1.165) is 5.56 Å². The molecule has 0 aliphatic carbocycles. The van der Waals surface area contributed by atoms with E-state index in [0.29, 0.717) is 6.61 Å². The Bertz CT molecular complexity index is 341. The largest absolute Gasteiger partial charge is 0.496 e. The number of hydrogen-bond acceptors (Lipinski definition) is 1. The van der Waals surface area contributed by atoms with E-state index in [1.54, 1.807) is 0 Å². The highest BCUT2D eigenvalue weighted by atomic mass is 16.5. The van der Waals surface area contributed by atoms with E-state index in [4.69, 9.17) is 11.2 Å². The third-order valence-electron chi connectivity index (χ3n) is 1.56. The average Bonchev–Trinajstić information content (AvgIpc) is 2.25. The Hall–Kier alpha value is -1.94. The summed E-state index contributed by atoms with van der Waals surface area (Å²) in [6.07, 6.45) is 12.0. The van der Waals surface area contributed by atoms with E-state index < -0.39 is 0 Å². The first kappa shape index (κ1) is 10.1. The Morgan fingerprint density at radius 3 is 2.79 bits per heavy atom. The van der Waals surface area contributed by atoms with E-state index >= 15 is 0 Å². The quantitative estimate of drug-likeness (QED) is 0.397. The van der Waals surface area contributed by atoms with Crippen molar-refractivity contribution in [2.24, 2.45) is 0 Å². The number of ether oxygens (including phenoxy) is 1. The zero-order valence-corrected chi connectivity index (χ0v) is 7.89. The normalized spacial score (nSPS) is 10.5. The molecule has 14 heavy (non-hydrogen) atoms. The molecule has 1 aromatic carbocycles. The minimum atomic E-state index is 0.535. The molecule has 0 saturated carbocycles. The average molecular weight is 184 g/mol. The molecule has 0 aromatic heterocycles. The highest BCUT2D eigenvalue weighted by Crippen LogP contribution is 2.00. The maximum absolute atomic E-state index is 5.09. The van der Waals surface area contributed by atoms with Crippen LogP contribution in [0, 0.1) is 12.3 Å². The zero-order valence-electron chi connectivity index (χ0n) is 7.89. The smallest absolute Gasteiger partial charge is 0.106 e. The second kappa shape index (κ2) is 6.56. The molecule has 1 rings (SSSR count). The van der Waals surface area contributed by atoms with Crippen LogP contribution in [0.4, 0.5) is 0 Å². The van der Waals surface area contributed by atoms with Crippen LogP contribution in [-0.4, -0.2) is 6.61 Å². The van der Waals surface area contributed by atoms with Crippen LogP contribution in [0.1, 0.15) is 5.56 Å². The fraction of sp³-hybridized carbons (Fsp3) is 0.0769. The molecule has 1 heteroatoms. The third-order valence-corrected chi connectivity index (χ3v) is 1.56. The molecule has 70 valence electrons. The van der Waals surface area contributed by atoms with Gasteiger partial charge in [0.05, 0.1) is 6.26 Å². The van der Waals surface area contributed by atoms with Gasteiger partial charge in [-0.15, -0.1) is 6.42 Å². The molecule has 1 aromatic rings. The van der Waals surface area contributed by atoms with Gasteiger partial charge in [0.25, 0.3) is 0 Å². The highest BCUT2D eigenvalue weighted by molar-refractivity contribution is 5.48. The van der Waals surface area contributed by atoms with Gasteiger partial charge in [-0.25, -0.2) is 0 Å². The molecule has 1 nitrogen and oxygen atoms in total. The lowest BCUT2D eigenvalue weighted by atomic mass is 10.2. The standard InChI is InChI=1S/C13H12O/c1-2-3-11-14-12-7-10-13-8-5-4-6-9-13/h1,3-11H,12H2/b10-7+,11-3?. The topological polar surface area (TPSA) is 9.23 Å². The Kier molecular flexibility index (Phi) is 4.75. The van der Waals surface area contributed by atoms with Gasteiger partial charge >= 0.3 is 0 Å². The Morgan fingerprint density at radius 1 is 1.29 bits per heavy atom. The van der Waals surface area contributed by atoms with Crippen molar-refractivity contribution in [3.8, 4) is 12.3 Å². The van der Waals surface area contributed by atoms with Gasteiger partial charge in [-0.1, -0.05) is 42.3 Å². The molecule has 0 aliphatic heterocycles. The number of rotatable bonds is 4. The summed E-state index contributed by atoms with van der Waals surface area (Å²) in [5.74, 6) is 2.35. The van der Waals surface area contributed by atoms with Crippen LogP contribution in [0.15, 0.2) is 48.7 Å². The van der Waals surface area contributed by atoms with E-state index in [1.807, 2.05) is 42.5 Å². The van der Waals surface area contributed by atoms with Crippen molar-refractivity contribution in [3.05, 3.63) is 54.3 Å². The number of allylic oxidation sites excluding steroid dienone is 1. The van der Waals surface area contributed by atoms with Crippen molar-refractivity contribution in [3.63, 3.8) is 0 Å². The molecule has 0 bridgehead atoms. The first-order chi connectivity index (χ1) is 6.93. The highest BCUT2D eigenvalue weighted by Gasteiger charge is 1.81. The predicted octanol–water partition coefficient (Wildman–Crippen LogP) is 2.86. The van der Waals surface area contributed by atoms with Crippen molar-refractivity contribution in [2.45, 2.75) is 0 Å². The lowest BCUT2D eigenvalue weighted by Gasteiger charge is -1.93. The zero-order chi connectivity index (χ0) is 10.1. The van der Waals surface area contributed by atoms with E-state index in [1.165, 1.54) is 12.3 Å². The Balaban J connectivity index is 2.29. The van der Waals surface area contributed by atoms with Gasteiger partial charge in [0, 0.05) is 6.08 Å². The van der Waals surface area contributed by atoms with Gasteiger partial charge < -0.3 is 4.74 Å². The molecule has 0 N–H and O–H groups in total. The van der Waals surface area contributed by atoms with Crippen molar-refractivity contribution in [1.29, 1.82) is 0 Å². The number of terminal acetylenes is 1. The van der Waals surface area contributed by atoms with Crippen LogP contribution in [0.2, 0.25) is 0 Å². The second-order valence-corrected chi connectivity index (χ2v) is 2.62. The van der Waals surface area contributed by atoms with Crippen molar-refractivity contribution in [2.75, 3.05) is 6.61 Å². The summed E-state index contributed by atoms with van der Waals surface area (Å²) >= 11 is 0. The molecule has 0 heterocycles. The van der Waals surface area contributed by atoms with Gasteiger partial charge in [-0.05, 0) is 11.6 Å². The maximum atomic E-state index is 5.09. The van der Waals surface area contributed by atoms with Crippen LogP contribution in [0.3, 0.4) is 0 Å². The number of hydrogen-bond donors (Lipinski definition) is 0. The van der Waals surface area contributed by atoms with Crippen LogP contribution in [0.25, 0.3) is 6.08 Å². The lowest BCUT2D eigenvalue weighted by Crippen LogP contribution is -1.79. The van der Waals surface area contributed by atoms with Gasteiger partial charge in [0.15, 0.2) is 0 Å². The van der Waals surface area contributed by atoms with Gasteiger partial charge in [-0.2, -0.15) is 0 Å². The minimum Gasteiger partial charge on any atom is -0.496 e. The lowest BCUT2D eigenvalue weighted by molar-refractivity contribution is 0.290. The summed E-state index contributed by atoms with van der Waals surface area (Å²) in [5, 5.41) is 0. The molecular formula is C13H12O. The summed E-state index contributed by atoms with van der Waals surface area (Å²) in [6.45, 7) is 0.535. The van der Waals surface area contributed by atoms with Crippen LogP contribution in [0.5, 0.6) is 0 Å². The first-order valence-corrected chi connectivity index (χ1v) is 4.38. The molecular weight excluding hydrogens is 172 g/mol. The summed E-state index contributed by atoms with van der Waals surface area (Å²) < 4.78 is 5.09. The molecule has 0 radical (unpaired) electrons. The molecule has 0 saturated heterocycles. The van der Waals surface area contributed by atoms with Gasteiger partial charge in [0.1, 0.15) is 6.61 Å². The summed E-state index contributed by atoms with van der Waals surface area (Å²) in [7, 11) is 0. The second-order valence-electron chi connectivity index (χ2n) is 2.62. The SMILES string of the molecule is C#CC=COC/C=C/c1ccccc1. The van der Waals surface area contributed by atoms with E-state index in [9.17, 15) is 0 Å². The minimum absolute atomic E-state index is 0.535. The van der Waals surface area contributed by atoms with E-state index in [-0.39, 0.29) is 0 Å². The van der Waals surface area contributed by atoms with Gasteiger partial charge in [0.2, 0.25) is 0 Å². The monoisotopic (exact) mass is 184 g/mol. The maximum Gasteiger partial charge on any atom is 0.106 e. The van der Waals surface area contributed by atoms with Crippen LogP contribution in [-0.2, 0) is 4.74 Å². The van der Waals surface area contributed by atoms with Crippen molar-refractivity contribution < 1.29 is 4.74 Å². The fourth-order valence-corrected chi connectivity index (χ4v) is 0.947. The fourth-order valence-electron chi connectivity index (χ4n) is 0.947. The summed E-state index contributed by atoms with van der Waals surface area (Å²) in [6, 6.07) is 10.1. The Morgan fingerprint density at radius 2 is 2.07 bits per heavy atom. The van der Waals surface area contributed by atoms with Gasteiger partial charge in [-0.3, -0.25) is 0 Å². The molecule has 0 unspecified atom stereocenters. The number of benzene rings is 1. The Labute approximate surface area is 84.7 Å². The first-order valence-electron chi connectivity index (χ1n) is 4.38. The summed E-state index contributed by atoms with van der Waals surface area (Å²) in [5.41, 5.74) is 1.16. The third kappa shape index (κ3) is 4.18.